The van der Waals surface area contributed by atoms with Crippen molar-refractivity contribution < 1.29 is 37.7 Å². The average Bonchev–Trinajstić information content (AvgIpc) is 2.74. The van der Waals surface area contributed by atoms with E-state index in [1.165, 1.54) is 5.56 Å². The predicted octanol–water partition coefficient (Wildman–Crippen LogP) is 7.27. The van der Waals surface area contributed by atoms with Crippen LogP contribution in [0.3, 0.4) is 0 Å². The Bertz CT molecular complexity index is 667. The molecule has 0 spiro atoms. The Labute approximate surface area is 237 Å². The Balaban J connectivity index is -0.000000451. The Hall–Kier alpha value is -1.30. The number of nitrogens with zero attached hydrogens (tertiary/aromatic N) is 4. The number of hydrogen-bond donors (Lipinski definition) is 0. The standard InChI is InChI=1S/C13H29N2.C9H12N.C5H5N.BF4.Pd/c1-10(2)14(11(3)4)9-15(12(5)6)13(7)8;1-10(2)8-9-6-4-3-5-7-9;1-2-4-6-5-3-1;2-1(3,4)5;/h9-13H,1-8H3;3-6H,8H2,1-2H3;1-5H;;/q2*-1;;-1;. The molecule has 0 atom stereocenters. The van der Waals surface area contributed by atoms with Gasteiger partial charge in [-0.25, -0.2) is 6.67 Å². The number of aromatic nitrogens is 1. The summed E-state index contributed by atoms with van der Waals surface area (Å²) >= 11 is 0. The fourth-order valence-electron chi connectivity index (χ4n) is 3.06. The summed E-state index contributed by atoms with van der Waals surface area (Å²) in [6.07, 6.45) is 3.50. The molecule has 218 valence electrons. The smallest absolute Gasteiger partial charge is 0.438 e. The van der Waals surface area contributed by atoms with Crippen molar-refractivity contribution in [2.75, 3.05) is 14.1 Å². The van der Waals surface area contributed by atoms with E-state index < -0.39 is 7.25 Å². The predicted molar refractivity (Wildman–Crippen MR) is 146 cm³/mol. The molecule has 0 aliphatic carbocycles. The molecule has 1 heterocycles. The van der Waals surface area contributed by atoms with Gasteiger partial charge in [0.15, 0.2) is 0 Å². The Kier molecular flexibility index (Phi) is 24.6. The van der Waals surface area contributed by atoms with Crippen molar-refractivity contribution in [1.29, 1.82) is 0 Å². The van der Waals surface area contributed by atoms with Crippen LogP contribution in [0.1, 0.15) is 61.0 Å². The van der Waals surface area contributed by atoms with Crippen LogP contribution in [0.15, 0.2) is 54.9 Å². The van der Waals surface area contributed by atoms with Crippen LogP contribution in [0, 0.1) is 12.7 Å². The molecule has 0 aliphatic heterocycles. The van der Waals surface area contributed by atoms with Crippen LogP contribution < -0.4 is 0 Å². The maximum atomic E-state index is 9.75. The summed E-state index contributed by atoms with van der Waals surface area (Å²) in [5.41, 5.74) is 1.24. The summed E-state index contributed by atoms with van der Waals surface area (Å²) in [7, 11) is -1.89. The van der Waals surface area contributed by atoms with Crippen LogP contribution in [0.25, 0.3) is 0 Å². The van der Waals surface area contributed by atoms with Crippen molar-refractivity contribution in [2.24, 2.45) is 0 Å². The molecule has 0 fully saturated rings. The number of hydrogen-bond acceptors (Lipinski definition) is 4. The maximum Gasteiger partial charge on any atom is 0.673 e. The first kappa shape index (κ1) is 40.2. The quantitative estimate of drug-likeness (QED) is 0.176. The summed E-state index contributed by atoms with van der Waals surface area (Å²) in [5, 5.41) is 0. The third kappa shape index (κ3) is 27.5. The molecule has 0 N–H and O–H groups in total. The molecule has 37 heavy (non-hydrogen) atoms. The van der Waals surface area contributed by atoms with Crippen LogP contribution in [0.2, 0.25) is 0 Å². The van der Waals surface area contributed by atoms with Gasteiger partial charge in [-0.3, -0.25) is 4.98 Å². The van der Waals surface area contributed by atoms with Crippen molar-refractivity contribution in [3.8, 4) is 0 Å². The summed E-state index contributed by atoms with van der Waals surface area (Å²) in [6, 6.07) is 19.2. The van der Waals surface area contributed by atoms with Crippen molar-refractivity contribution >= 4 is 7.25 Å². The van der Waals surface area contributed by atoms with E-state index in [-0.39, 0.29) is 20.4 Å². The van der Waals surface area contributed by atoms with Gasteiger partial charge in [-0.2, -0.15) is 30.3 Å². The molecule has 2 rings (SSSR count). The van der Waals surface area contributed by atoms with E-state index >= 15 is 0 Å². The van der Waals surface area contributed by atoms with Crippen molar-refractivity contribution in [2.45, 2.75) is 86.1 Å². The summed E-state index contributed by atoms with van der Waals surface area (Å²) in [6.45, 7) is 21.2. The molecular formula is C27H46BF4N4Pd-3. The second-order valence-corrected chi connectivity index (χ2v) is 9.53. The Morgan fingerprint density at radius 3 is 1.38 bits per heavy atom. The third-order valence-corrected chi connectivity index (χ3v) is 4.48. The second kappa shape index (κ2) is 22.7. The molecule has 2 aromatic rings. The van der Waals surface area contributed by atoms with E-state index in [1.807, 2.05) is 36.4 Å². The first-order chi connectivity index (χ1) is 16.6. The van der Waals surface area contributed by atoms with Gasteiger partial charge in [0.2, 0.25) is 0 Å². The van der Waals surface area contributed by atoms with E-state index in [0.29, 0.717) is 24.2 Å². The molecule has 1 aromatic carbocycles. The van der Waals surface area contributed by atoms with Gasteiger partial charge in [-0.15, -0.1) is 5.56 Å². The first-order valence-corrected chi connectivity index (χ1v) is 12.3. The SMILES string of the molecule is CC(C)N([CH-]N(C(C)C)C(C)C)C(C)C.CN(C)Cc1[c-]cccc1.F[B-](F)(F)F.[Pd].c1ccncc1. The number of pyridine rings is 1. The Morgan fingerprint density at radius 1 is 0.757 bits per heavy atom. The van der Waals surface area contributed by atoms with Crippen LogP contribution in [0.4, 0.5) is 17.3 Å². The van der Waals surface area contributed by atoms with Gasteiger partial charge in [0.1, 0.15) is 0 Å². The van der Waals surface area contributed by atoms with Crippen LogP contribution in [0.5, 0.6) is 0 Å². The van der Waals surface area contributed by atoms with E-state index in [2.05, 4.69) is 108 Å². The van der Waals surface area contributed by atoms with E-state index in [1.54, 1.807) is 12.4 Å². The van der Waals surface area contributed by atoms with Gasteiger partial charge in [-0.1, -0.05) is 61.5 Å². The Morgan fingerprint density at radius 2 is 1.16 bits per heavy atom. The van der Waals surface area contributed by atoms with Crippen LogP contribution >= 0.6 is 0 Å². The summed E-state index contributed by atoms with van der Waals surface area (Å²) in [4.78, 5) is 10.7. The van der Waals surface area contributed by atoms with Crippen molar-refractivity contribution in [1.82, 2.24) is 19.7 Å². The summed E-state index contributed by atoms with van der Waals surface area (Å²) in [5.74, 6) is 0. The fourth-order valence-corrected chi connectivity index (χ4v) is 3.06. The number of benzene rings is 1. The third-order valence-electron chi connectivity index (χ3n) is 4.48. The van der Waals surface area contributed by atoms with Crippen LogP contribution in [-0.4, -0.2) is 65.2 Å². The zero-order valence-electron chi connectivity index (χ0n) is 24.0. The zero-order chi connectivity index (χ0) is 28.3. The average molecular weight is 620 g/mol. The van der Waals surface area contributed by atoms with Gasteiger partial charge < -0.3 is 32.0 Å². The monoisotopic (exact) mass is 619 g/mol. The van der Waals surface area contributed by atoms with Crippen molar-refractivity contribution in [3.63, 3.8) is 0 Å². The van der Waals surface area contributed by atoms with E-state index in [9.17, 15) is 17.3 Å². The number of halogens is 4. The molecule has 4 nitrogen and oxygen atoms in total. The van der Waals surface area contributed by atoms with Gasteiger partial charge in [0.25, 0.3) is 0 Å². The van der Waals surface area contributed by atoms with Gasteiger partial charge in [0.05, 0.1) is 0 Å². The molecule has 0 radical (unpaired) electrons. The molecule has 1 aromatic heterocycles. The first-order valence-electron chi connectivity index (χ1n) is 12.3. The summed E-state index contributed by atoms with van der Waals surface area (Å²) < 4.78 is 39.0. The maximum absolute atomic E-state index is 9.75. The molecule has 0 unspecified atom stereocenters. The minimum atomic E-state index is -6.00. The zero-order valence-corrected chi connectivity index (χ0v) is 25.5. The van der Waals surface area contributed by atoms with Crippen molar-refractivity contribution in [3.05, 3.63) is 73.2 Å². The molecular weight excluding hydrogens is 574 g/mol. The largest absolute Gasteiger partial charge is 0.673 e. The molecule has 0 amide bonds. The molecule has 0 saturated carbocycles. The van der Waals surface area contributed by atoms with Gasteiger partial charge >= 0.3 is 7.25 Å². The topological polar surface area (TPSA) is 22.6 Å². The fraction of sp³-hybridized carbons (Fsp3) is 0.556. The van der Waals surface area contributed by atoms with Gasteiger partial charge in [-0.05, 0) is 50.4 Å². The second-order valence-electron chi connectivity index (χ2n) is 9.53. The molecule has 0 bridgehead atoms. The minimum Gasteiger partial charge on any atom is -0.438 e. The van der Waals surface area contributed by atoms with E-state index in [0.717, 1.165) is 6.54 Å². The number of rotatable bonds is 8. The van der Waals surface area contributed by atoms with Gasteiger partial charge in [0, 0.05) is 39.4 Å². The normalized spacial score (nSPS) is 11.1. The van der Waals surface area contributed by atoms with E-state index in [4.69, 9.17) is 0 Å². The van der Waals surface area contributed by atoms with Crippen LogP contribution in [-0.2, 0) is 27.0 Å². The molecule has 0 aliphatic rings. The minimum absolute atomic E-state index is 0. The molecule has 10 heteroatoms. The molecule has 0 saturated heterocycles.